The molecule has 0 unspecified atom stereocenters. The van der Waals surface area contributed by atoms with E-state index in [0.717, 1.165) is 29.4 Å². The van der Waals surface area contributed by atoms with Gasteiger partial charge in [-0.2, -0.15) is 0 Å². The Morgan fingerprint density at radius 3 is 2.62 bits per heavy atom. The van der Waals surface area contributed by atoms with Crippen LogP contribution in [0.25, 0.3) is 0 Å². The van der Waals surface area contributed by atoms with Gasteiger partial charge in [0.2, 0.25) is 0 Å². The Morgan fingerprint density at radius 1 is 1.14 bits per heavy atom. The Morgan fingerprint density at radius 2 is 1.90 bits per heavy atom. The molecule has 0 atom stereocenters. The second-order valence-electron chi connectivity index (χ2n) is 5.80. The average Bonchev–Trinajstić information content (AvgIpc) is 2.44. The average molecular weight is 302 g/mol. The highest BCUT2D eigenvalue weighted by atomic mass is 35.5. The molecule has 1 N–H and O–H groups in total. The molecule has 1 aromatic carbocycles. The summed E-state index contributed by atoms with van der Waals surface area (Å²) in [7, 11) is 4.03. The van der Waals surface area contributed by atoms with Gasteiger partial charge >= 0.3 is 0 Å². The van der Waals surface area contributed by atoms with Gasteiger partial charge in [-0.25, -0.2) is 4.98 Å². The number of halogens is 1. The fourth-order valence-corrected chi connectivity index (χ4v) is 3.17. The molecular weight excluding hydrogens is 282 g/mol. The van der Waals surface area contributed by atoms with Crippen molar-refractivity contribution in [3.63, 3.8) is 0 Å². The summed E-state index contributed by atoms with van der Waals surface area (Å²) in [5, 5.41) is 4.49. The summed E-state index contributed by atoms with van der Waals surface area (Å²) >= 11 is 6.27. The van der Waals surface area contributed by atoms with E-state index in [0.29, 0.717) is 12.0 Å². The van der Waals surface area contributed by atoms with Crippen molar-refractivity contribution in [2.75, 3.05) is 24.3 Å². The van der Waals surface area contributed by atoms with E-state index in [-0.39, 0.29) is 0 Å². The Balaban J connectivity index is 1.64. The topological polar surface area (TPSA) is 28.2 Å². The molecule has 1 heterocycles. The minimum absolute atomic E-state index is 0.495. The lowest BCUT2D eigenvalue weighted by molar-refractivity contribution is 0.374. The number of aromatic nitrogens is 1. The van der Waals surface area contributed by atoms with Crippen molar-refractivity contribution in [1.82, 2.24) is 4.98 Å². The summed E-state index contributed by atoms with van der Waals surface area (Å²) in [5.41, 5.74) is 2.38. The molecular formula is C17H20ClN3. The lowest BCUT2D eigenvalue weighted by Crippen LogP contribution is -2.34. The van der Waals surface area contributed by atoms with Gasteiger partial charge in [-0.3, -0.25) is 0 Å². The number of pyridine rings is 1. The van der Waals surface area contributed by atoms with E-state index >= 15 is 0 Å². The van der Waals surface area contributed by atoms with Crippen molar-refractivity contribution in [1.29, 1.82) is 0 Å². The molecule has 3 nitrogen and oxygen atoms in total. The smallest absolute Gasteiger partial charge is 0.151 e. The zero-order chi connectivity index (χ0) is 14.8. The van der Waals surface area contributed by atoms with E-state index in [1.54, 1.807) is 0 Å². The largest absolute Gasteiger partial charge is 0.379 e. The highest BCUT2D eigenvalue weighted by Gasteiger charge is 2.31. The molecule has 4 heteroatoms. The lowest BCUT2D eigenvalue weighted by Gasteiger charge is -2.37. The van der Waals surface area contributed by atoms with E-state index in [2.05, 4.69) is 28.5 Å². The number of nitrogens with zero attached hydrogens (tertiary/aromatic N) is 2. The minimum atomic E-state index is 0.495. The number of anilines is 2. The zero-order valence-electron chi connectivity index (χ0n) is 12.4. The first-order valence-corrected chi connectivity index (χ1v) is 7.66. The maximum Gasteiger partial charge on any atom is 0.151 e. The second kappa shape index (κ2) is 5.94. The Bertz CT molecular complexity index is 621. The Kier molecular flexibility index (Phi) is 4.02. The van der Waals surface area contributed by atoms with Crippen molar-refractivity contribution >= 4 is 23.1 Å². The molecule has 1 aliphatic carbocycles. The van der Waals surface area contributed by atoms with Crippen LogP contribution < -0.4 is 10.2 Å². The first kappa shape index (κ1) is 14.2. The molecule has 0 bridgehead atoms. The van der Waals surface area contributed by atoms with Crippen LogP contribution >= 0.6 is 11.6 Å². The van der Waals surface area contributed by atoms with Crippen molar-refractivity contribution in [2.45, 2.75) is 24.8 Å². The van der Waals surface area contributed by atoms with Gasteiger partial charge in [-0.05, 0) is 42.5 Å². The summed E-state index contributed by atoms with van der Waals surface area (Å²) in [6, 6.07) is 12.7. The van der Waals surface area contributed by atoms with Crippen LogP contribution in [-0.4, -0.2) is 25.1 Å². The van der Waals surface area contributed by atoms with E-state index < -0.39 is 0 Å². The Labute approximate surface area is 131 Å². The normalized spacial score (nSPS) is 20.7. The van der Waals surface area contributed by atoms with Crippen LogP contribution in [0.15, 0.2) is 42.6 Å². The first-order chi connectivity index (χ1) is 10.1. The quantitative estimate of drug-likeness (QED) is 0.919. The summed E-state index contributed by atoms with van der Waals surface area (Å²) in [5.74, 6) is 1.55. The zero-order valence-corrected chi connectivity index (χ0v) is 13.1. The fourth-order valence-electron chi connectivity index (χ4n) is 2.88. The third kappa shape index (κ3) is 2.98. The SMILES string of the molecule is CN(C)c1ncccc1NC1CC(c2ccccc2Cl)C1. The molecule has 1 aliphatic rings. The van der Waals surface area contributed by atoms with Gasteiger partial charge in [0.25, 0.3) is 0 Å². The van der Waals surface area contributed by atoms with E-state index in [1.807, 2.05) is 43.4 Å². The molecule has 1 aromatic heterocycles. The molecule has 0 radical (unpaired) electrons. The van der Waals surface area contributed by atoms with Crippen molar-refractivity contribution in [3.05, 3.63) is 53.2 Å². The minimum Gasteiger partial charge on any atom is -0.379 e. The molecule has 3 rings (SSSR count). The van der Waals surface area contributed by atoms with Crippen molar-refractivity contribution in [3.8, 4) is 0 Å². The molecule has 0 saturated heterocycles. The summed E-state index contributed by atoms with van der Waals surface area (Å²) in [6.07, 6.45) is 4.06. The van der Waals surface area contributed by atoms with Crippen molar-refractivity contribution < 1.29 is 0 Å². The van der Waals surface area contributed by atoms with Gasteiger partial charge in [-0.1, -0.05) is 29.8 Å². The number of hydrogen-bond acceptors (Lipinski definition) is 3. The monoisotopic (exact) mass is 301 g/mol. The summed E-state index contributed by atoms with van der Waals surface area (Å²) in [6.45, 7) is 0. The van der Waals surface area contributed by atoms with E-state index in [1.165, 1.54) is 5.56 Å². The maximum atomic E-state index is 6.27. The first-order valence-electron chi connectivity index (χ1n) is 7.28. The predicted molar refractivity (Wildman–Crippen MR) is 89.4 cm³/mol. The standard InChI is InChI=1S/C17H20ClN3/c1-21(2)17-16(8-5-9-19-17)20-13-10-12(11-13)14-6-3-4-7-15(14)18/h3-9,12-13,20H,10-11H2,1-2H3. The van der Waals surface area contributed by atoms with Gasteiger partial charge in [0.05, 0.1) is 5.69 Å². The van der Waals surface area contributed by atoms with Gasteiger partial charge in [0, 0.05) is 31.4 Å². The third-order valence-electron chi connectivity index (χ3n) is 4.05. The van der Waals surface area contributed by atoms with Gasteiger partial charge in [0.1, 0.15) is 0 Å². The number of nitrogens with one attached hydrogen (secondary N) is 1. The molecule has 0 aliphatic heterocycles. The van der Waals surface area contributed by atoms with Crippen LogP contribution in [0, 0.1) is 0 Å². The molecule has 2 aromatic rings. The van der Waals surface area contributed by atoms with Crippen LogP contribution in [0.1, 0.15) is 24.3 Å². The third-order valence-corrected chi connectivity index (χ3v) is 4.40. The summed E-state index contributed by atoms with van der Waals surface area (Å²) < 4.78 is 0. The molecule has 0 amide bonds. The number of benzene rings is 1. The van der Waals surface area contributed by atoms with Crippen LogP contribution in [0.3, 0.4) is 0 Å². The molecule has 21 heavy (non-hydrogen) atoms. The fraction of sp³-hybridized carbons (Fsp3) is 0.353. The van der Waals surface area contributed by atoms with Gasteiger partial charge in [0.15, 0.2) is 5.82 Å². The molecule has 0 spiro atoms. The summed E-state index contributed by atoms with van der Waals surface area (Å²) in [4.78, 5) is 6.46. The van der Waals surface area contributed by atoms with E-state index in [9.17, 15) is 0 Å². The number of hydrogen-bond donors (Lipinski definition) is 1. The molecule has 1 saturated carbocycles. The number of rotatable bonds is 4. The van der Waals surface area contributed by atoms with Gasteiger partial charge in [-0.15, -0.1) is 0 Å². The lowest BCUT2D eigenvalue weighted by atomic mass is 9.76. The van der Waals surface area contributed by atoms with E-state index in [4.69, 9.17) is 11.6 Å². The highest BCUT2D eigenvalue weighted by Crippen LogP contribution is 2.41. The molecule has 110 valence electrons. The van der Waals surface area contributed by atoms with Crippen LogP contribution in [0.4, 0.5) is 11.5 Å². The Hall–Kier alpha value is -1.74. The predicted octanol–water partition coefficient (Wildman–Crippen LogP) is 4.16. The van der Waals surface area contributed by atoms with Crippen molar-refractivity contribution in [2.24, 2.45) is 0 Å². The second-order valence-corrected chi connectivity index (χ2v) is 6.21. The van der Waals surface area contributed by atoms with Crippen LogP contribution in [0.5, 0.6) is 0 Å². The van der Waals surface area contributed by atoms with Gasteiger partial charge < -0.3 is 10.2 Å². The van der Waals surface area contributed by atoms with Crippen LogP contribution in [0.2, 0.25) is 5.02 Å². The maximum absolute atomic E-state index is 6.27. The highest BCUT2D eigenvalue weighted by molar-refractivity contribution is 6.31. The molecule has 1 fully saturated rings. The van der Waals surface area contributed by atoms with Crippen LogP contribution in [-0.2, 0) is 0 Å².